The van der Waals surface area contributed by atoms with Crippen molar-refractivity contribution in [3.8, 4) is 11.1 Å². The van der Waals surface area contributed by atoms with Crippen molar-refractivity contribution in [2.45, 2.75) is 32.1 Å². The molecule has 1 aliphatic heterocycles. The first kappa shape index (κ1) is 22.2. The lowest BCUT2D eigenvalue weighted by atomic mass is 9.94. The molecule has 3 aromatic rings. The number of halogens is 1. The number of aromatic nitrogens is 4. The Bertz CT molecular complexity index is 1170. The zero-order valence-corrected chi connectivity index (χ0v) is 19.0. The van der Waals surface area contributed by atoms with Crippen molar-refractivity contribution in [1.29, 1.82) is 0 Å². The monoisotopic (exact) mass is 458 g/mol. The van der Waals surface area contributed by atoms with Crippen LogP contribution in [0.2, 0.25) is 0 Å². The lowest BCUT2D eigenvalue weighted by Gasteiger charge is -2.35. The summed E-state index contributed by atoms with van der Waals surface area (Å²) < 4.78 is 43.3. The van der Waals surface area contributed by atoms with E-state index in [9.17, 15) is 12.8 Å². The first-order chi connectivity index (χ1) is 15.4. The highest BCUT2D eigenvalue weighted by Crippen LogP contribution is 2.40. The lowest BCUT2D eigenvalue weighted by molar-refractivity contribution is 0.474. The first-order valence-electron chi connectivity index (χ1n) is 10.7. The minimum atomic E-state index is -3.48. The highest BCUT2D eigenvalue weighted by Gasteiger charge is 2.27. The molecule has 10 heteroatoms. The zero-order chi connectivity index (χ0) is 22.7. The van der Waals surface area contributed by atoms with Crippen molar-refractivity contribution in [3.05, 3.63) is 54.6 Å². The Hall–Kier alpha value is -3.01. The van der Waals surface area contributed by atoms with Gasteiger partial charge in [-0.1, -0.05) is 19.1 Å². The van der Waals surface area contributed by atoms with Crippen molar-refractivity contribution in [3.63, 3.8) is 0 Å². The van der Waals surface area contributed by atoms with Crippen molar-refractivity contribution in [1.82, 2.24) is 19.7 Å². The number of para-hydroxylation sites is 1. The lowest BCUT2D eigenvalue weighted by Crippen LogP contribution is -2.34. The Morgan fingerprint density at radius 2 is 1.97 bits per heavy atom. The molecule has 0 spiro atoms. The van der Waals surface area contributed by atoms with Crippen LogP contribution in [-0.4, -0.2) is 47.0 Å². The van der Waals surface area contributed by atoms with Crippen LogP contribution in [0, 0.1) is 5.95 Å². The van der Waals surface area contributed by atoms with Crippen molar-refractivity contribution >= 4 is 21.4 Å². The standard InChI is InChI=1S/C22H27FN6O2S/c1-3-13-32(30,31)27-19-6-4-5-18(17-7-8-20(23)24-14-17)21(19)29-11-9-16(10-12-29)22-26-25-15-28(22)2/h4-8,14-16,27H,3,9-13H2,1-2H3. The van der Waals surface area contributed by atoms with Crippen LogP contribution in [-0.2, 0) is 17.1 Å². The molecule has 3 heterocycles. The zero-order valence-electron chi connectivity index (χ0n) is 18.2. The van der Waals surface area contributed by atoms with Gasteiger partial charge in [0.1, 0.15) is 12.2 Å². The molecule has 32 heavy (non-hydrogen) atoms. The van der Waals surface area contributed by atoms with E-state index in [1.165, 1.54) is 12.3 Å². The summed E-state index contributed by atoms with van der Waals surface area (Å²) >= 11 is 0. The van der Waals surface area contributed by atoms with E-state index in [0.717, 1.165) is 48.6 Å². The van der Waals surface area contributed by atoms with Gasteiger partial charge in [0.15, 0.2) is 0 Å². The van der Waals surface area contributed by atoms with Crippen LogP contribution in [0.5, 0.6) is 0 Å². The predicted molar refractivity (Wildman–Crippen MR) is 123 cm³/mol. The summed E-state index contributed by atoms with van der Waals surface area (Å²) in [6.45, 7) is 3.29. The normalized spacial score (nSPS) is 15.2. The number of benzene rings is 1. The van der Waals surface area contributed by atoms with Crippen LogP contribution in [0.15, 0.2) is 42.9 Å². The van der Waals surface area contributed by atoms with Crippen LogP contribution in [0.25, 0.3) is 11.1 Å². The summed E-state index contributed by atoms with van der Waals surface area (Å²) in [7, 11) is -1.53. The van der Waals surface area contributed by atoms with Crippen molar-refractivity contribution in [2.24, 2.45) is 7.05 Å². The summed E-state index contributed by atoms with van der Waals surface area (Å²) in [4.78, 5) is 5.98. The number of nitrogens with one attached hydrogen (secondary N) is 1. The molecular weight excluding hydrogens is 431 g/mol. The van der Waals surface area contributed by atoms with E-state index < -0.39 is 16.0 Å². The molecule has 2 aromatic heterocycles. The predicted octanol–water partition coefficient (Wildman–Crippen LogP) is 3.55. The average Bonchev–Trinajstić information content (AvgIpc) is 3.20. The summed E-state index contributed by atoms with van der Waals surface area (Å²) in [5.74, 6) is 0.742. The molecule has 0 bridgehead atoms. The summed E-state index contributed by atoms with van der Waals surface area (Å²) in [6, 6.07) is 8.47. The minimum Gasteiger partial charge on any atom is -0.369 e. The van der Waals surface area contributed by atoms with Gasteiger partial charge < -0.3 is 9.47 Å². The summed E-state index contributed by atoms with van der Waals surface area (Å²) in [5, 5.41) is 8.25. The summed E-state index contributed by atoms with van der Waals surface area (Å²) in [5.41, 5.74) is 2.86. The van der Waals surface area contributed by atoms with E-state index >= 15 is 0 Å². The van der Waals surface area contributed by atoms with E-state index in [1.54, 1.807) is 24.5 Å². The molecule has 1 aromatic carbocycles. The maximum Gasteiger partial charge on any atom is 0.232 e. The highest BCUT2D eigenvalue weighted by atomic mass is 32.2. The third kappa shape index (κ3) is 4.74. The Morgan fingerprint density at radius 1 is 1.19 bits per heavy atom. The van der Waals surface area contributed by atoms with Gasteiger partial charge in [-0.2, -0.15) is 4.39 Å². The van der Waals surface area contributed by atoms with Gasteiger partial charge in [0.25, 0.3) is 0 Å². The first-order valence-corrected chi connectivity index (χ1v) is 12.4. The highest BCUT2D eigenvalue weighted by molar-refractivity contribution is 7.92. The van der Waals surface area contributed by atoms with E-state index in [-0.39, 0.29) is 5.75 Å². The van der Waals surface area contributed by atoms with Crippen LogP contribution in [0.4, 0.5) is 15.8 Å². The Morgan fingerprint density at radius 3 is 2.59 bits per heavy atom. The van der Waals surface area contributed by atoms with Gasteiger partial charge in [0.2, 0.25) is 16.0 Å². The maximum absolute atomic E-state index is 13.4. The number of piperidine rings is 1. The molecule has 170 valence electrons. The van der Waals surface area contributed by atoms with Gasteiger partial charge in [0, 0.05) is 43.4 Å². The number of aryl methyl sites for hydroxylation is 1. The Labute approximate surface area is 187 Å². The quantitative estimate of drug-likeness (QED) is 0.544. The number of sulfonamides is 1. The molecule has 0 saturated carbocycles. The molecule has 4 rings (SSSR count). The third-order valence-corrected chi connectivity index (χ3v) is 7.21. The molecule has 8 nitrogen and oxygen atoms in total. The molecule has 0 amide bonds. The van der Waals surface area contributed by atoms with E-state index in [4.69, 9.17) is 0 Å². The van der Waals surface area contributed by atoms with E-state index in [2.05, 4.69) is 24.8 Å². The fourth-order valence-corrected chi connectivity index (χ4v) is 5.38. The number of anilines is 2. The van der Waals surface area contributed by atoms with Crippen LogP contribution < -0.4 is 9.62 Å². The van der Waals surface area contributed by atoms with Crippen LogP contribution >= 0.6 is 0 Å². The van der Waals surface area contributed by atoms with Gasteiger partial charge in [-0.3, -0.25) is 4.72 Å². The number of hydrogen-bond donors (Lipinski definition) is 1. The van der Waals surface area contributed by atoms with E-state index in [0.29, 0.717) is 18.0 Å². The minimum absolute atomic E-state index is 0.0446. The molecule has 0 aliphatic carbocycles. The summed E-state index contributed by atoms with van der Waals surface area (Å²) in [6.07, 6.45) is 5.44. The second kappa shape index (κ2) is 9.23. The van der Waals surface area contributed by atoms with Gasteiger partial charge >= 0.3 is 0 Å². The Balaban J connectivity index is 1.69. The number of nitrogens with zero attached hydrogens (tertiary/aromatic N) is 5. The molecule has 1 aliphatic rings. The Kier molecular flexibility index (Phi) is 6.40. The third-order valence-electron chi connectivity index (χ3n) is 5.74. The molecule has 1 fully saturated rings. The molecule has 0 radical (unpaired) electrons. The number of pyridine rings is 1. The average molecular weight is 459 g/mol. The smallest absolute Gasteiger partial charge is 0.232 e. The fraction of sp³-hybridized carbons (Fsp3) is 0.409. The molecule has 0 atom stereocenters. The van der Waals surface area contributed by atoms with Crippen LogP contribution in [0.3, 0.4) is 0 Å². The fourth-order valence-electron chi connectivity index (χ4n) is 4.24. The number of rotatable bonds is 7. The maximum atomic E-state index is 13.4. The topological polar surface area (TPSA) is 93.0 Å². The molecule has 1 saturated heterocycles. The van der Waals surface area contributed by atoms with E-state index in [1.807, 2.05) is 24.6 Å². The van der Waals surface area contributed by atoms with Crippen molar-refractivity contribution in [2.75, 3.05) is 28.5 Å². The van der Waals surface area contributed by atoms with Gasteiger partial charge in [-0.25, -0.2) is 13.4 Å². The number of hydrogen-bond acceptors (Lipinski definition) is 6. The largest absolute Gasteiger partial charge is 0.369 e. The van der Waals surface area contributed by atoms with Crippen molar-refractivity contribution < 1.29 is 12.8 Å². The van der Waals surface area contributed by atoms with Gasteiger partial charge in [-0.15, -0.1) is 10.2 Å². The molecule has 0 unspecified atom stereocenters. The van der Waals surface area contributed by atoms with Gasteiger partial charge in [-0.05, 0) is 37.5 Å². The second-order valence-electron chi connectivity index (χ2n) is 8.05. The molecular formula is C22H27FN6O2S. The SMILES string of the molecule is CCCS(=O)(=O)Nc1cccc(-c2ccc(F)nc2)c1N1CCC(c2nncn2C)CC1. The van der Waals surface area contributed by atoms with Gasteiger partial charge in [0.05, 0.1) is 17.1 Å². The molecule has 1 N–H and O–H groups in total. The van der Waals surface area contributed by atoms with Crippen LogP contribution in [0.1, 0.15) is 37.9 Å². The second-order valence-corrected chi connectivity index (χ2v) is 9.90.